The Morgan fingerprint density at radius 3 is 2.94 bits per heavy atom. The minimum atomic E-state index is -0.386. The molecule has 1 heterocycles. The molecule has 100 valence electrons. The molecule has 1 aliphatic heterocycles. The van der Waals surface area contributed by atoms with E-state index in [1.807, 2.05) is 0 Å². The summed E-state index contributed by atoms with van der Waals surface area (Å²) in [5.74, 6) is -0.178. The number of ether oxygens (including phenoxy) is 1. The van der Waals surface area contributed by atoms with Crippen LogP contribution in [0.5, 0.6) is 0 Å². The monoisotopic (exact) mass is 272 g/mol. The molecule has 1 fully saturated rings. The third kappa shape index (κ3) is 3.01. The van der Waals surface area contributed by atoms with Crippen LogP contribution in [0.25, 0.3) is 0 Å². The molecule has 1 unspecified atom stereocenters. The standard InChI is InChI=1S/C13H18ClFN2O/c1-18-5-4-17-7-10(13(16)8-17)9-2-3-12(15)11(14)6-9/h2-3,6,10,13H,4-5,7-8,16H2,1H3/t10?,13-/m1/s1. The number of rotatable bonds is 4. The van der Waals surface area contributed by atoms with Gasteiger partial charge in [0.05, 0.1) is 11.6 Å². The summed E-state index contributed by atoms with van der Waals surface area (Å²) in [6, 6.07) is 4.91. The van der Waals surface area contributed by atoms with Gasteiger partial charge in [0.2, 0.25) is 0 Å². The van der Waals surface area contributed by atoms with Gasteiger partial charge in [0.15, 0.2) is 0 Å². The number of hydrogen-bond donors (Lipinski definition) is 1. The van der Waals surface area contributed by atoms with E-state index in [4.69, 9.17) is 22.1 Å². The molecule has 2 rings (SSSR count). The maximum absolute atomic E-state index is 13.1. The van der Waals surface area contributed by atoms with E-state index in [9.17, 15) is 4.39 Å². The van der Waals surface area contributed by atoms with Crippen molar-refractivity contribution in [2.24, 2.45) is 5.73 Å². The third-order valence-corrected chi connectivity index (χ3v) is 3.71. The SMILES string of the molecule is COCCN1CC(c2ccc(F)c(Cl)c2)[C@H](N)C1. The molecule has 2 N–H and O–H groups in total. The Labute approximate surface area is 112 Å². The summed E-state index contributed by atoms with van der Waals surface area (Å²) in [7, 11) is 1.69. The molecule has 3 nitrogen and oxygen atoms in total. The van der Waals surface area contributed by atoms with Crippen molar-refractivity contribution in [3.8, 4) is 0 Å². The van der Waals surface area contributed by atoms with Gasteiger partial charge in [0, 0.05) is 38.7 Å². The second-order valence-electron chi connectivity index (χ2n) is 4.70. The van der Waals surface area contributed by atoms with Gasteiger partial charge in [0.1, 0.15) is 5.82 Å². The van der Waals surface area contributed by atoms with Crippen molar-refractivity contribution in [3.63, 3.8) is 0 Å². The fourth-order valence-electron chi connectivity index (χ4n) is 2.41. The summed E-state index contributed by atoms with van der Waals surface area (Å²) >= 11 is 5.81. The highest BCUT2D eigenvalue weighted by Crippen LogP contribution is 2.29. The maximum atomic E-state index is 13.1. The topological polar surface area (TPSA) is 38.5 Å². The van der Waals surface area contributed by atoms with Crippen LogP contribution < -0.4 is 5.73 Å². The van der Waals surface area contributed by atoms with Gasteiger partial charge in [-0.3, -0.25) is 4.90 Å². The molecule has 1 aromatic carbocycles. The Morgan fingerprint density at radius 2 is 2.28 bits per heavy atom. The van der Waals surface area contributed by atoms with Crippen LogP contribution in [0.2, 0.25) is 5.02 Å². The molecule has 18 heavy (non-hydrogen) atoms. The molecule has 0 aliphatic carbocycles. The van der Waals surface area contributed by atoms with Crippen LogP contribution in [0, 0.1) is 5.82 Å². The average molecular weight is 273 g/mol. The summed E-state index contributed by atoms with van der Waals surface area (Å²) in [4.78, 5) is 2.26. The van der Waals surface area contributed by atoms with E-state index in [-0.39, 0.29) is 22.8 Å². The van der Waals surface area contributed by atoms with Crippen LogP contribution in [0.3, 0.4) is 0 Å². The smallest absolute Gasteiger partial charge is 0.141 e. The molecule has 0 saturated carbocycles. The minimum Gasteiger partial charge on any atom is -0.383 e. The van der Waals surface area contributed by atoms with E-state index in [1.165, 1.54) is 6.07 Å². The van der Waals surface area contributed by atoms with Crippen molar-refractivity contribution in [2.45, 2.75) is 12.0 Å². The Balaban J connectivity index is 2.06. The van der Waals surface area contributed by atoms with E-state index in [0.717, 1.165) is 25.2 Å². The Kier molecular flexibility index (Phi) is 4.56. The first kappa shape index (κ1) is 13.7. The third-order valence-electron chi connectivity index (χ3n) is 3.42. The normalized spacial score (nSPS) is 24.7. The molecule has 0 radical (unpaired) electrons. The van der Waals surface area contributed by atoms with E-state index >= 15 is 0 Å². The van der Waals surface area contributed by atoms with Gasteiger partial charge in [-0.05, 0) is 17.7 Å². The van der Waals surface area contributed by atoms with Gasteiger partial charge in [-0.15, -0.1) is 0 Å². The second kappa shape index (κ2) is 5.97. The lowest BCUT2D eigenvalue weighted by Crippen LogP contribution is -2.30. The molecule has 1 aromatic rings. The Bertz CT molecular complexity index is 416. The van der Waals surface area contributed by atoms with E-state index in [0.29, 0.717) is 6.61 Å². The molecule has 0 bridgehead atoms. The molecule has 1 aliphatic rings. The van der Waals surface area contributed by atoms with Crippen LogP contribution in [0.15, 0.2) is 18.2 Å². The summed E-state index contributed by atoms with van der Waals surface area (Å²) in [5.41, 5.74) is 7.15. The first-order chi connectivity index (χ1) is 8.61. The van der Waals surface area contributed by atoms with Gasteiger partial charge >= 0.3 is 0 Å². The minimum absolute atomic E-state index is 0.0587. The van der Waals surface area contributed by atoms with Gasteiger partial charge in [-0.25, -0.2) is 4.39 Å². The first-order valence-corrected chi connectivity index (χ1v) is 6.41. The van der Waals surface area contributed by atoms with E-state index < -0.39 is 0 Å². The van der Waals surface area contributed by atoms with Gasteiger partial charge in [-0.2, -0.15) is 0 Å². The molecule has 5 heteroatoms. The van der Waals surface area contributed by atoms with Crippen LogP contribution >= 0.6 is 11.6 Å². The van der Waals surface area contributed by atoms with Crippen molar-refractivity contribution in [1.29, 1.82) is 0 Å². The van der Waals surface area contributed by atoms with Crippen molar-refractivity contribution < 1.29 is 9.13 Å². The highest BCUT2D eigenvalue weighted by molar-refractivity contribution is 6.30. The lowest BCUT2D eigenvalue weighted by molar-refractivity contribution is 0.160. The predicted molar refractivity (Wildman–Crippen MR) is 70.4 cm³/mol. The van der Waals surface area contributed by atoms with Crippen LogP contribution in [-0.4, -0.2) is 44.3 Å². The zero-order valence-corrected chi connectivity index (χ0v) is 11.2. The van der Waals surface area contributed by atoms with Crippen molar-refractivity contribution >= 4 is 11.6 Å². The van der Waals surface area contributed by atoms with Crippen LogP contribution in [-0.2, 0) is 4.74 Å². The number of benzene rings is 1. The molecule has 0 aromatic heterocycles. The second-order valence-corrected chi connectivity index (χ2v) is 5.10. The number of nitrogens with two attached hydrogens (primary N) is 1. The quantitative estimate of drug-likeness (QED) is 0.909. The number of hydrogen-bond acceptors (Lipinski definition) is 3. The molecule has 2 atom stereocenters. The number of nitrogens with zero attached hydrogens (tertiary/aromatic N) is 1. The largest absolute Gasteiger partial charge is 0.383 e. The van der Waals surface area contributed by atoms with E-state index in [1.54, 1.807) is 19.2 Å². The average Bonchev–Trinajstić information content (AvgIpc) is 2.71. The van der Waals surface area contributed by atoms with Crippen molar-refractivity contribution in [1.82, 2.24) is 4.90 Å². The lowest BCUT2D eigenvalue weighted by atomic mass is 9.95. The molecular formula is C13H18ClFN2O. The lowest BCUT2D eigenvalue weighted by Gasteiger charge is -2.16. The highest BCUT2D eigenvalue weighted by atomic mass is 35.5. The summed E-state index contributed by atoms with van der Waals surface area (Å²) in [5, 5.41) is 0.162. The molecule has 0 amide bonds. The summed E-state index contributed by atoms with van der Waals surface area (Å²) in [6.45, 7) is 3.27. The Hall–Kier alpha value is -0.680. The Morgan fingerprint density at radius 1 is 1.50 bits per heavy atom. The highest BCUT2D eigenvalue weighted by Gasteiger charge is 2.31. The number of halogens is 2. The van der Waals surface area contributed by atoms with Crippen LogP contribution in [0.4, 0.5) is 4.39 Å². The molecule has 1 saturated heterocycles. The maximum Gasteiger partial charge on any atom is 0.141 e. The van der Waals surface area contributed by atoms with E-state index in [2.05, 4.69) is 4.90 Å². The van der Waals surface area contributed by atoms with Gasteiger partial charge in [0.25, 0.3) is 0 Å². The fraction of sp³-hybridized carbons (Fsp3) is 0.538. The van der Waals surface area contributed by atoms with Gasteiger partial charge in [-0.1, -0.05) is 17.7 Å². The molecule has 0 spiro atoms. The fourth-order valence-corrected chi connectivity index (χ4v) is 2.60. The zero-order chi connectivity index (χ0) is 13.1. The molecular weight excluding hydrogens is 255 g/mol. The summed E-state index contributed by atoms with van der Waals surface area (Å²) < 4.78 is 18.2. The first-order valence-electron chi connectivity index (χ1n) is 6.03. The van der Waals surface area contributed by atoms with Crippen LogP contribution in [0.1, 0.15) is 11.5 Å². The van der Waals surface area contributed by atoms with Crippen molar-refractivity contribution in [3.05, 3.63) is 34.6 Å². The van der Waals surface area contributed by atoms with Gasteiger partial charge < -0.3 is 10.5 Å². The summed E-state index contributed by atoms with van der Waals surface area (Å²) in [6.07, 6.45) is 0. The van der Waals surface area contributed by atoms with Crippen molar-refractivity contribution in [2.75, 3.05) is 33.4 Å². The number of likely N-dealkylation sites (tertiary alicyclic amines) is 1. The predicted octanol–water partition coefficient (Wildman–Crippen LogP) is 1.85. The number of methoxy groups -OCH3 is 1. The zero-order valence-electron chi connectivity index (χ0n) is 10.4.